The minimum atomic E-state index is -0.770. The van der Waals surface area contributed by atoms with E-state index in [1.165, 1.54) is 0 Å². The van der Waals surface area contributed by atoms with Gasteiger partial charge in [-0.15, -0.1) is 0 Å². The van der Waals surface area contributed by atoms with Gasteiger partial charge in [0, 0.05) is 26.8 Å². The number of amides is 1. The van der Waals surface area contributed by atoms with Gasteiger partial charge in [0.05, 0.1) is 12.5 Å². The highest BCUT2D eigenvalue weighted by atomic mass is 16.5. The third kappa shape index (κ3) is 5.14. The zero-order valence-corrected chi connectivity index (χ0v) is 10.1. The third-order valence-electron chi connectivity index (χ3n) is 2.84. The molecule has 1 rings (SSSR count). The number of carboxylic acid groups (broad SMARTS) is 1. The molecule has 2 N–H and O–H groups in total. The Hall–Kier alpha value is -1.14. The zero-order valence-electron chi connectivity index (χ0n) is 10.1. The van der Waals surface area contributed by atoms with Crippen molar-refractivity contribution in [3.63, 3.8) is 0 Å². The molecule has 1 heterocycles. The fourth-order valence-corrected chi connectivity index (χ4v) is 1.88. The summed E-state index contributed by atoms with van der Waals surface area (Å²) in [6.07, 6.45) is 1.42. The fraction of sp³-hybridized carbons (Fsp3) is 0.818. The van der Waals surface area contributed by atoms with E-state index in [-0.39, 0.29) is 18.4 Å². The highest BCUT2D eigenvalue weighted by Crippen LogP contribution is 2.15. The summed E-state index contributed by atoms with van der Waals surface area (Å²) in [5.41, 5.74) is 0. The number of likely N-dealkylation sites (tertiary alicyclic amines) is 1. The minimum Gasteiger partial charge on any atom is -0.481 e. The number of hydrogen-bond donors (Lipinski definition) is 2. The number of rotatable bonds is 7. The summed E-state index contributed by atoms with van der Waals surface area (Å²) in [6.45, 7) is 2.67. The lowest BCUT2D eigenvalue weighted by atomic mass is 10.1. The van der Waals surface area contributed by atoms with E-state index in [2.05, 4.69) is 5.32 Å². The van der Waals surface area contributed by atoms with Gasteiger partial charge in [0.2, 0.25) is 5.91 Å². The molecule has 0 aliphatic carbocycles. The summed E-state index contributed by atoms with van der Waals surface area (Å²) in [4.78, 5) is 24.1. The lowest BCUT2D eigenvalue weighted by Crippen LogP contribution is -2.37. The van der Waals surface area contributed by atoms with Crippen LogP contribution in [0.2, 0.25) is 0 Å². The number of carbonyl (C=O) groups is 2. The van der Waals surface area contributed by atoms with E-state index in [0.29, 0.717) is 32.7 Å². The number of aliphatic carboxylic acids is 1. The molecule has 0 aromatic carbocycles. The van der Waals surface area contributed by atoms with Gasteiger partial charge in [-0.3, -0.25) is 14.5 Å². The molecule has 6 nitrogen and oxygen atoms in total. The molecule has 0 aromatic rings. The van der Waals surface area contributed by atoms with Crippen molar-refractivity contribution in [2.24, 2.45) is 5.92 Å². The van der Waals surface area contributed by atoms with E-state index < -0.39 is 5.97 Å². The van der Waals surface area contributed by atoms with Gasteiger partial charge in [-0.1, -0.05) is 0 Å². The fourth-order valence-electron chi connectivity index (χ4n) is 1.88. The predicted molar refractivity (Wildman–Crippen MR) is 61.7 cm³/mol. The summed E-state index contributed by atoms with van der Waals surface area (Å²) in [5.74, 6) is -1.14. The number of methoxy groups -OCH3 is 1. The molecular formula is C11H20N2O4. The van der Waals surface area contributed by atoms with Crippen LogP contribution in [0.4, 0.5) is 0 Å². The normalized spacial score (nSPS) is 20.4. The Labute approximate surface area is 101 Å². The number of ether oxygens (including phenoxy) is 1. The molecule has 17 heavy (non-hydrogen) atoms. The minimum absolute atomic E-state index is 0.0489. The summed E-state index contributed by atoms with van der Waals surface area (Å²) in [5, 5.41) is 11.6. The largest absolute Gasteiger partial charge is 0.481 e. The van der Waals surface area contributed by atoms with Crippen LogP contribution in [0.25, 0.3) is 0 Å². The van der Waals surface area contributed by atoms with Gasteiger partial charge in [0.1, 0.15) is 0 Å². The first-order chi connectivity index (χ1) is 8.13. The number of nitrogens with one attached hydrogen (secondary N) is 1. The maximum Gasteiger partial charge on any atom is 0.307 e. The van der Waals surface area contributed by atoms with Gasteiger partial charge < -0.3 is 15.2 Å². The van der Waals surface area contributed by atoms with Crippen LogP contribution in [-0.2, 0) is 14.3 Å². The Morgan fingerprint density at radius 2 is 2.29 bits per heavy atom. The van der Waals surface area contributed by atoms with Crippen LogP contribution in [0.15, 0.2) is 0 Å². The molecule has 1 aliphatic heterocycles. The molecule has 1 aliphatic rings. The Balaban J connectivity index is 2.13. The van der Waals surface area contributed by atoms with Crippen molar-refractivity contribution in [3.8, 4) is 0 Å². The maximum absolute atomic E-state index is 11.5. The van der Waals surface area contributed by atoms with Crippen LogP contribution >= 0.6 is 0 Å². The Kier molecular flexibility index (Phi) is 5.93. The van der Waals surface area contributed by atoms with Crippen LogP contribution < -0.4 is 5.32 Å². The van der Waals surface area contributed by atoms with E-state index in [0.717, 1.165) is 6.42 Å². The van der Waals surface area contributed by atoms with Gasteiger partial charge >= 0.3 is 5.97 Å². The van der Waals surface area contributed by atoms with Crippen LogP contribution in [-0.4, -0.2) is 61.8 Å². The van der Waals surface area contributed by atoms with E-state index in [9.17, 15) is 9.59 Å². The van der Waals surface area contributed by atoms with E-state index in [1.54, 1.807) is 7.11 Å². The van der Waals surface area contributed by atoms with Crippen molar-refractivity contribution in [1.29, 1.82) is 0 Å². The number of carboxylic acids is 1. The molecule has 1 atom stereocenters. The molecule has 1 fully saturated rings. The van der Waals surface area contributed by atoms with Gasteiger partial charge in [-0.05, 0) is 19.4 Å². The second kappa shape index (κ2) is 7.24. The van der Waals surface area contributed by atoms with Crippen molar-refractivity contribution in [1.82, 2.24) is 10.2 Å². The first-order valence-electron chi connectivity index (χ1n) is 5.84. The van der Waals surface area contributed by atoms with Crippen LogP contribution in [0, 0.1) is 5.92 Å². The first kappa shape index (κ1) is 13.9. The molecule has 0 unspecified atom stereocenters. The summed E-state index contributed by atoms with van der Waals surface area (Å²) >= 11 is 0. The van der Waals surface area contributed by atoms with Crippen molar-refractivity contribution in [3.05, 3.63) is 0 Å². The van der Waals surface area contributed by atoms with Gasteiger partial charge in [0.15, 0.2) is 0 Å². The molecule has 0 spiro atoms. The summed E-state index contributed by atoms with van der Waals surface area (Å²) in [7, 11) is 1.62. The molecule has 0 aromatic heterocycles. The average Bonchev–Trinajstić information content (AvgIpc) is 2.73. The highest BCUT2D eigenvalue weighted by Gasteiger charge is 2.28. The molecule has 0 radical (unpaired) electrons. The number of nitrogens with zero attached hydrogens (tertiary/aromatic N) is 1. The number of hydrogen-bond acceptors (Lipinski definition) is 4. The summed E-state index contributed by atoms with van der Waals surface area (Å²) in [6, 6.07) is 0. The van der Waals surface area contributed by atoms with Crippen LogP contribution in [0.1, 0.15) is 12.8 Å². The SMILES string of the molecule is COCCCNC(=O)CN1CC[C@H](C(=O)O)C1. The van der Waals surface area contributed by atoms with Crippen molar-refractivity contribution < 1.29 is 19.4 Å². The first-order valence-corrected chi connectivity index (χ1v) is 5.84. The van der Waals surface area contributed by atoms with E-state index >= 15 is 0 Å². The maximum atomic E-state index is 11.5. The molecule has 0 saturated carbocycles. The molecule has 1 amide bonds. The monoisotopic (exact) mass is 244 g/mol. The Morgan fingerprint density at radius 3 is 2.88 bits per heavy atom. The standard InChI is InChI=1S/C11H20N2O4/c1-17-6-2-4-12-10(14)8-13-5-3-9(7-13)11(15)16/h9H,2-8H2,1H3,(H,12,14)(H,15,16)/t9-/m0/s1. The Morgan fingerprint density at radius 1 is 1.53 bits per heavy atom. The molecular weight excluding hydrogens is 224 g/mol. The number of carbonyl (C=O) groups excluding carboxylic acids is 1. The quantitative estimate of drug-likeness (QED) is 0.593. The molecule has 6 heteroatoms. The van der Waals surface area contributed by atoms with Gasteiger partial charge in [0.25, 0.3) is 0 Å². The molecule has 0 bridgehead atoms. The topological polar surface area (TPSA) is 78.9 Å². The second-order valence-electron chi connectivity index (χ2n) is 4.26. The Bertz CT molecular complexity index is 270. The third-order valence-corrected chi connectivity index (χ3v) is 2.84. The zero-order chi connectivity index (χ0) is 12.7. The lowest BCUT2D eigenvalue weighted by molar-refractivity contribution is -0.141. The highest BCUT2D eigenvalue weighted by molar-refractivity contribution is 5.78. The van der Waals surface area contributed by atoms with E-state index in [4.69, 9.17) is 9.84 Å². The van der Waals surface area contributed by atoms with Crippen LogP contribution in [0.3, 0.4) is 0 Å². The van der Waals surface area contributed by atoms with Gasteiger partial charge in [-0.2, -0.15) is 0 Å². The average molecular weight is 244 g/mol. The van der Waals surface area contributed by atoms with E-state index in [1.807, 2.05) is 4.90 Å². The smallest absolute Gasteiger partial charge is 0.307 e. The molecule has 1 saturated heterocycles. The lowest BCUT2D eigenvalue weighted by Gasteiger charge is -2.14. The van der Waals surface area contributed by atoms with Crippen molar-refractivity contribution >= 4 is 11.9 Å². The van der Waals surface area contributed by atoms with Crippen LogP contribution in [0.5, 0.6) is 0 Å². The summed E-state index contributed by atoms with van der Waals surface area (Å²) < 4.78 is 4.87. The molecule has 98 valence electrons. The van der Waals surface area contributed by atoms with Crippen molar-refractivity contribution in [2.75, 3.05) is 39.9 Å². The second-order valence-corrected chi connectivity index (χ2v) is 4.26. The van der Waals surface area contributed by atoms with Crippen molar-refractivity contribution in [2.45, 2.75) is 12.8 Å². The predicted octanol–water partition coefficient (Wildman–Crippen LogP) is -0.454. The van der Waals surface area contributed by atoms with Gasteiger partial charge in [-0.25, -0.2) is 0 Å².